The van der Waals surface area contributed by atoms with Crippen molar-refractivity contribution in [1.82, 2.24) is 0 Å². The van der Waals surface area contributed by atoms with E-state index >= 15 is 0 Å². The van der Waals surface area contributed by atoms with Crippen molar-refractivity contribution in [3.8, 4) is 0 Å². The number of anilines is 1. The van der Waals surface area contributed by atoms with Crippen LogP contribution in [0.2, 0.25) is 0 Å². The standard InChI is InChI=1S/C17H25NO2/c1-4-5-8-13-18(14(2)3)16-10-7-6-9-15(16)11-12-17(19)20/h6-7,9-12,14H,4-5,8,13H2,1-3H3,(H,19,20). The molecule has 110 valence electrons. The first kappa shape index (κ1) is 16.3. The Balaban J connectivity index is 2.97. The molecule has 0 atom stereocenters. The summed E-state index contributed by atoms with van der Waals surface area (Å²) in [6.07, 6.45) is 6.45. The van der Waals surface area contributed by atoms with Crippen LogP contribution in [0.4, 0.5) is 5.69 Å². The van der Waals surface area contributed by atoms with Gasteiger partial charge in [-0.1, -0.05) is 38.0 Å². The molecule has 1 aromatic rings. The van der Waals surface area contributed by atoms with E-state index in [0.717, 1.165) is 24.2 Å². The molecule has 1 aromatic carbocycles. The molecular weight excluding hydrogens is 250 g/mol. The zero-order valence-electron chi connectivity index (χ0n) is 12.7. The molecule has 0 radical (unpaired) electrons. The van der Waals surface area contributed by atoms with Gasteiger partial charge in [-0.3, -0.25) is 0 Å². The van der Waals surface area contributed by atoms with E-state index in [4.69, 9.17) is 5.11 Å². The van der Waals surface area contributed by atoms with Gasteiger partial charge >= 0.3 is 5.97 Å². The van der Waals surface area contributed by atoms with Crippen molar-refractivity contribution >= 4 is 17.7 Å². The number of carbonyl (C=O) groups is 1. The number of benzene rings is 1. The van der Waals surface area contributed by atoms with Crippen molar-refractivity contribution in [3.63, 3.8) is 0 Å². The molecule has 0 saturated heterocycles. The predicted octanol–water partition coefficient (Wildman–Crippen LogP) is 4.19. The Morgan fingerprint density at radius 1 is 1.30 bits per heavy atom. The van der Waals surface area contributed by atoms with Gasteiger partial charge < -0.3 is 10.0 Å². The lowest BCUT2D eigenvalue weighted by Gasteiger charge is -2.30. The second-order valence-electron chi connectivity index (χ2n) is 5.22. The minimum Gasteiger partial charge on any atom is -0.478 e. The third-order valence-electron chi connectivity index (χ3n) is 3.28. The zero-order valence-corrected chi connectivity index (χ0v) is 12.7. The number of hydrogen-bond donors (Lipinski definition) is 1. The van der Waals surface area contributed by atoms with Crippen LogP contribution in [0.15, 0.2) is 30.3 Å². The normalized spacial score (nSPS) is 11.2. The first-order valence-electron chi connectivity index (χ1n) is 7.33. The van der Waals surface area contributed by atoms with E-state index in [1.54, 1.807) is 6.08 Å². The smallest absolute Gasteiger partial charge is 0.328 e. The molecule has 0 unspecified atom stereocenters. The lowest BCUT2D eigenvalue weighted by atomic mass is 10.1. The SMILES string of the molecule is CCCCCN(c1ccccc1C=CC(=O)O)C(C)C. The van der Waals surface area contributed by atoms with Crippen molar-refractivity contribution in [2.45, 2.75) is 46.1 Å². The van der Waals surface area contributed by atoms with Crippen molar-refractivity contribution in [2.75, 3.05) is 11.4 Å². The number of hydrogen-bond acceptors (Lipinski definition) is 2. The minimum absolute atomic E-state index is 0.395. The van der Waals surface area contributed by atoms with Crippen molar-refractivity contribution < 1.29 is 9.90 Å². The first-order chi connectivity index (χ1) is 9.56. The fourth-order valence-corrected chi connectivity index (χ4v) is 2.24. The summed E-state index contributed by atoms with van der Waals surface area (Å²) in [7, 11) is 0. The summed E-state index contributed by atoms with van der Waals surface area (Å²) < 4.78 is 0. The second-order valence-corrected chi connectivity index (χ2v) is 5.22. The van der Waals surface area contributed by atoms with Crippen LogP contribution in [-0.4, -0.2) is 23.7 Å². The van der Waals surface area contributed by atoms with Crippen LogP contribution >= 0.6 is 0 Å². The summed E-state index contributed by atoms with van der Waals surface area (Å²) in [6, 6.07) is 8.36. The van der Waals surface area contributed by atoms with Crippen LogP contribution < -0.4 is 4.90 Å². The van der Waals surface area contributed by atoms with Gasteiger partial charge in [0.15, 0.2) is 0 Å². The van der Waals surface area contributed by atoms with Crippen LogP contribution in [0.3, 0.4) is 0 Å². The lowest BCUT2D eigenvalue weighted by Crippen LogP contribution is -2.32. The number of aliphatic carboxylic acids is 1. The van der Waals surface area contributed by atoms with E-state index in [1.807, 2.05) is 18.2 Å². The number of para-hydroxylation sites is 1. The third-order valence-corrected chi connectivity index (χ3v) is 3.28. The molecule has 0 aliphatic carbocycles. The van der Waals surface area contributed by atoms with Crippen molar-refractivity contribution in [3.05, 3.63) is 35.9 Å². The molecule has 1 rings (SSSR count). The summed E-state index contributed by atoms with van der Waals surface area (Å²) in [5.74, 6) is -0.915. The van der Waals surface area contributed by atoms with E-state index in [0.29, 0.717) is 6.04 Å². The van der Waals surface area contributed by atoms with Gasteiger partial charge in [0.2, 0.25) is 0 Å². The molecule has 0 heterocycles. The largest absolute Gasteiger partial charge is 0.478 e. The molecule has 0 aliphatic heterocycles. The van der Waals surface area contributed by atoms with Crippen molar-refractivity contribution in [2.24, 2.45) is 0 Å². The average Bonchev–Trinajstić information content (AvgIpc) is 2.41. The molecule has 20 heavy (non-hydrogen) atoms. The highest BCUT2D eigenvalue weighted by atomic mass is 16.4. The van der Waals surface area contributed by atoms with Gasteiger partial charge in [0.25, 0.3) is 0 Å². The van der Waals surface area contributed by atoms with Gasteiger partial charge in [-0.2, -0.15) is 0 Å². The Labute approximate surface area is 121 Å². The highest BCUT2D eigenvalue weighted by Gasteiger charge is 2.12. The molecule has 3 nitrogen and oxygen atoms in total. The number of rotatable bonds is 8. The fourth-order valence-electron chi connectivity index (χ4n) is 2.24. The Hall–Kier alpha value is -1.77. The minimum atomic E-state index is -0.915. The van der Waals surface area contributed by atoms with Crippen LogP contribution in [0.25, 0.3) is 6.08 Å². The zero-order chi connectivity index (χ0) is 15.0. The first-order valence-corrected chi connectivity index (χ1v) is 7.33. The summed E-state index contributed by atoms with van der Waals surface area (Å²) in [4.78, 5) is 13.0. The van der Waals surface area contributed by atoms with Gasteiger partial charge in [0.05, 0.1) is 0 Å². The van der Waals surface area contributed by atoms with Gasteiger partial charge in [-0.15, -0.1) is 0 Å². The Morgan fingerprint density at radius 2 is 2.00 bits per heavy atom. The topological polar surface area (TPSA) is 40.5 Å². The number of carboxylic acids is 1. The molecular formula is C17H25NO2. The van der Waals surface area contributed by atoms with E-state index in [9.17, 15) is 4.79 Å². The highest BCUT2D eigenvalue weighted by molar-refractivity contribution is 5.87. The number of unbranched alkanes of at least 4 members (excludes halogenated alkanes) is 2. The predicted molar refractivity (Wildman–Crippen MR) is 85.1 cm³/mol. The van der Waals surface area contributed by atoms with Crippen LogP contribution in [0.5, 0.6) is 0 Å². The van der Waals surface area contributed by atoms with E-state index < -0.39 is 5.97 Å². The van der Waals surface area contributed by atoms with Gasteiger partial charge in [0.1, 0.15) is 0 Å². The molecule has 0 amide bonds. The molecule has 0 bridgehead atoms. The van der Waals surface area contributed by atoms with E-state index in [1.165, 1.54) is 18.9 Å². The van der Waals surface area contributed by atoms with Gasteiger partial charge in [-0.05, 0) is 38.0 Å². The molecule has 0 spiro atoms. The molecule has 0 aromatic heterocycles. The third kappa shape index (κ3) is 5.08. The maximum atomic E-state index is 10.7. The molecule has 0 fully saturated rings. The van der Waals surface area contributed by atoms with Crippen LogP contribution in [0, 0.1) is 0 Å². The second kappa shape index (κ2) is 8.41. The Kier molecular flexibility index (Phi) is 6.85. The molecule has 1 N–H and O–H groups in total. The van der Waals surface area contributed by atoms with Gasteiger partial charge in [0, 0.05) is 24.4 Å². The van der Waals surface area contributed by atoms with E-state index in [-0.39, 0.29) is 0 Å². The average molecular weight is 275 g/mol. The van der Waals surface area contributed by atoms with Gasteiger partial charge in [-0.25, -0.2) is 4.79 Å². The maximum absolute atomic E-state index is 10.7. The van der Waals surface area contributed by atoms with Crippen molar-refractivity contribution in [1.29, 1.82) is 0 Å². The summed E-state index contributed by atoms with van der Waals surface area (Å²) in [5, 5.41) is 8.79. The van der Waals surface area contributed by atoms with E-state index in [2.05, 4.69) is 31.7 Å². The molecule has 0 saturated carbocycles. The monoisotopic (exact) mass is 275 g/mol. The summed E-state index contributed by atoms with van der Waals surface area (Å²) in [5.41, 5.74) is 2.07. The highest BCUT2D eigenvalue weighted by Crippen LogP contribution is 2.24. The summed E-state index contributed by atoms with van der Waals surface area (Å²) in [6.45, 7) is 7.54. The Morgan fingerprint density at radius 3 is 2.60 bits per heavy atom. The summed E-state index contributed by atoms with van der Waals surface area (Å²) >= 11 is 0. The quantitative estimate of drug-likeness (QED) is 0.571. The number of carboxylic acid groups (broad SMARTS) is 1. The lowest BCUT2D eigenvalue weighted by molar-refractivity contribution is -0.131. The number of nitrogens with zero attached hydrogens (tertiary/aromatic N) is 1. The maximum Gasteiger partial charge on any atom is 0.328 e. The van der Waals surface area contributed by atoms with Crippen LogP contribution in [-0.2, 0) is 4.79 Å². The molecule has 0 aliphatic rings. The van der Waals surface area contributed by atoms with Crippen LogP contribution in [0.1, 0.15) is 45.6 Å². The Bertz CT molecular complexity index is 452. The fraction of sp³-hybridized carbons (Fsp3) is 0.471. The molecule has 3 heteroatoms.